The summed E-state index contributed by atoms with van der Waals surface area (Å²) < 4.78 is 10.7. The fourth-order valence-corrected chi connectivity index (χ4v) is 1.85. The van der Waals surface area contributed by atoms with Crippen LogP contribution in [0, 0.1) is 11.3 Å². The molecular formula is C16H13NO4. The number of nitrogens with zero attached hydrogens (tertiary/aromatic N) is 1. The van der Waals surface area contributed by atoms with Gasteiger partial charge in [-0.1, -0.05) is 30.3 Å². The van der Waals surface area contributed by atoms with Crippen molar-refractivity contribution < 1.29 is 19.4 Å². The number of carbonyl (C=O) groups is 1. The van der Waals surface area contributed by atoms with Gasteiger partial charge in [0.15, 0.2) is 11.5 Å². The largest absolute Gasteiger partial charge is 0.493 e. The molecule has 0 radical (unpaired) electrons. The number of carboxylic acid groups (broad SMARTS) is 1. The van der Waals surface area contributed by atoms with E-state index in [9.17, 15) is 9.90 Å². The molecule has 1 N–H and O–H groups in total. The molecule has 0 saturated heterocycles. The van der Waals surface area contributed by atoms with Gasteiger partial charge >= 0.3 is 5.97 Å². The standard InChI is InChI=1S/C16H13NO4/c1-20-14-9-11(10-17)7-8-13(14)21-15(16(18)19)12-5-3-2-4-6-12/h2-9,15H,1H3,(H,18,19). The van der Waals surface area contributed by atoms with E-state index in [4.69, 9.17) is 14.7 Å². The molecule has 5 nitrogen and oxygen atoms in total. The number of ether oxygens (including phenoxy) is 2. The van der Waals surface area contributed by atoms with Crippen LogP contribution >= 0.6 is 0 Å². The zero-order chi connectivity index (χ0) is 15.2. The fourth-order valence-electron chi connectivity index (χ4n) is 1.85. The second kappa shape index (κ2) is 6.44. The zero-order valence-electron chi connectivity index (χ0n) is 11.3. The van der Waals surface area contributed by atoms with Gasteiger partial charge in [-0.15, -0.1) is 0 Å². The maximum atomic E-state index is 11.4. The zero-order valence-corrected chi connectivity index (χ0v) is 11.3. The molecule has 2 rings (SSSR count). The van der Waals surface area contributed by atoms with Gasteiger partial charge < -0.3 is 14.6 Å². The van der Waals surface area contributed by atoms with Crippen LogP contribution in [0.3, 0.4) is 0 Å². The molecule has 0 aliphatic rings. The number of benzene rings is 2. The lowest BCUT2D eigenvalue weighted by Crippen LogP contribution is -2.18. The van der Waals surface area contributed by atoms with Crippen molar-refractivity contribution in [1.82, 2.24) is 0 Å². The summed E-state index contributed by atoms with van der Waals surface area (Å²) >= 11 is 0. The van der Waals surface area contributed by atoms with Crippen LogP contribution in [0.5, 0.6) is 11.5 Å². The average molecular weight is 283 g/mol. The Bertz CT molecular complexity index is 676. The predicted octanol–water partition coefficient (Wildman–Crippen LogP) is 2.77. The van der Waals surface area contributed by atoms with Gasteiger partial charge in [0, 0.05) is 11.6 Å². The highest BCUT2D eigenvalue weighted by atomic mass is 16.5. The summed E-state index contributed by atoms with van der Waals surface area (Å²) in [6, 6.07) is 15.2. The SMILES string of the molecule is COc1cc(C#N)ccc1OC(C(=O)O)c1ccccc1. The first kappa shape index (κ1) is 14.4. The topological polar surface area (TPSA) is 79.5 Å². The highest BCUT2D eigenvalue weighted by molar-refractivity contribution is 5.75. The van der Waals surface area contributed by atoms with E-state index < -0.39 is 12.1 Å². The summed E-state index contributed by atoms with van der Waals surface area (Å²) in [5.41, 5.74) is 0.933. The van der Waals surface area contributed by atoms with Crippen molar-refractivity contribution in [3.63, 3.8) is 0 Å². The van der Waals surface area contributed by atoms with Gasteiger partial charge in [-0.3, -0.25) is 0 Å². The molecule has 0 aromatic heterocycles. The van der Waals surface area contributed by atoms with E-state index >= 15 is 0 Å². The van der Waals surface area contributed by atoms with Gasteiger partial charge in [0.25, 0.3) is 0 Å². The Balaban J connectivity index is 2.34. The third-order valence-corrected chi connectivity index (χ3v) is 2.86. The van der Waals surface area contributed by atoms with Crippen LogP contribution in [-0.2, 0) is 4.79 Å². The molecule has 106 valence electrons. The molecule has 0 heterocycles. The molecule has 0 spiro atoms. The number of hydrogen-bond acceptors (Lipinski definition) is 4. The molecule has 0 fully saturated rings. The maximum absolute atomic E-state index is 11.4. The van der Waals surface area contributed by atoms with Crippen molar-refractivity contribution in [2.45, 2.75) is 6.10 Å². The molecular weight excluding hydrogens is 270 g/mol. The maximum Gasteiger partial charge on any atom is 0.349 e. The molecule has 0 bridgehead atoms. The Hall–Kier alpha value is -3.00. The van der Waals surface area contributed by atoms with Gasteiger partial charge in [0.1, 0.15) is 0 Å². The number of carboxylic acids is 1. The highest BCUT2D eigenvalue weighted by Crippen LogP contribution is 2.32. The van der Waals surface area contributed by atoms with Gasteiger partial charge in [-0.05, 0) is 12.1 Å². The van der Waals surface area contributed by atoms with Crippen LogP contribution in [0.2, 0.25) is 0 Å². The number of nitriles is 1. The van der Waals surface area contributed by atoms with Crippen LogP contribution < -0.4 is 9.47 Å². The lowest BCUT2D eigenvalue weighted by Gasteiger charge is -2.17. The van der Waals surface area contributed by atoms with Crippen molar-refractivity contribution in [1.29, 1.82) is 5.26 Å². The van der Waals surface area contributed by atoms with Crippen LogP contribution in [-0.4, -0.2) is 18.2 Å². The van der Waals surface area contributed by atoms with E-state index in [2.05, 4.69) is 0 Å². The molecule has 5 heteroatoms. The molecule has 2 aromatic carbocycles. The highest BCUT2D eigenvalue weighted by Gasteiger charge is 2.23. The molecule has 21 heavy (non-hydrogen) atoms. The molecule has 0 saturated carbocycles. The van der Waals surface area contributed by atoms with Gasteiger partial charge in [-0.25, -0.2) is 4.79 Å². The van der Waals surface area contributed by atoms with Gasteiger partial charge in [0.05, 0.1) is 18.7 Å². The molecule has 0 amide bonds. The van der Waals surface area contributed by atoms with Crippen molar-refractivity contribution in [3.05, 3.63) is 59.7 Å². The van der Waals surface area contributed by atoms with E-state index in [1.54, 1.807) is 36.4 Å². The number of methoxy groups -OCH3 is 1. The van der Waals surface area contributed by atoms with E-state index in [0.717, 1.165) is 0 Å². The molecule has 1 unspecified atom stereocenters. The summed E-state index contributed by atoms with van der Waals surface area (Å²) in [7, 11) is 1.43. The Morgan fingerprint density at radius 2 is 1.90 bits per heavy atom. The molecule has 1 atom stereocenters. The van der Waals surface area contributed by atoms with Crippen molar-refractivity contribution in [2.75, 3.05) is 7.11 Å². The number of rotatable bonds is 5. The first-order chi connectivity index (χ1) is 10.2. The number of aliphatic carboxylic acids is 1. The smallest absolute Gasteiger partial charge is 0.349 e. The van der Waals surface area contributed by atoms with Crippen LogP contribution in [0.25, 0.3) is 0 Å². The summed E-state index contributed by atoms with van der Waals surface area (Å²) in [4.78, 5) is 11.4. The van der Waals surface area contributed by atoms with Gasteiger partial charge in [-0.2, -0.15) is 5.26 Å². The van der Waals surface area contributed by atoms with E-state index in [1.807, 2.05) is 6.07 Å². The molecule has 0 aliphatic carbocycles. The first-order valence-corrected chi connectivity index (χ1v) is 6.18. The van der Waals surface area contributed by atoms with Gasteiger partial charge in [0.2, 0.25) is 6.10 Å². The summed E-state index contributed by atoms with van der Waals surface area (Å²) in [5, 5.41) is 18.2. The first-order valence-electron chi connectivity index (χ1n) is 6.18. The third kappa shape index (κ3) is 3.31. The minimum atomic E-state index is -1.15. The van der Waals surface area contributed by atoms with Crippen LogP contribution in [0.1, 0.15) is 17.2 Å². The van der Waals surface area contributed by atoms with E-state index in [1.165, 1.54) is 19.2 Å². The molecule has 0 aliphatic heterocycles. The summed E-state index contributed by atoms with van der Waals surface area (Å²) in [6.45, 7) is 0. The summed E-state index contributed by atoms with van der Waals surface area (Å²) in [5.74, 6) is -0.517. The monoisotopic (exact) mass is 283 g/mol. The van der Waals surface area contributed by atoms with E-state index in [-0.39, 0.29) is 5.75 Å². The predicted molar refractivity (Wildman–Crippen MR) is 75.2 cm³/mol. The normalized spacial score (nSPS) is 11.2. The summed E-state index contributed by atoms with van der Waals surface area (Å²) in [6.07, 6.45) is -1.15. The lowest BCUT2D eigenvalue weighted by molar-refractivity contribution is -0.145. The van der Waals surface area contributed by atoms with E-state index in [0.29, 0.717) is 16.9 Å². The Morgan fingerprint density at radius 1 is 1.19 bits per heavy atom. The third-order valence-electron chi connectivity index (χ3n) is 2.86. The number of hydrogen-bond donors (Lipinski definition) is 1. The van der Waals surface area contributed by atoms with Crippen molar-refractivity contribution >= 4 is 5.97 Å². The molecule has 2 aromatic rings. The minimum Gasteiger partial charge on any atom is -0.493 e. The Morgan fingerprint density at radius 3 is 2.48 bits per heavy atom. The fraction of sp³-hybridized carbons (Fsp3) is 0.125. The van der Waals surface area contributed by atoms with Crippen molar-refractivity contribution in [2.24, 2.45) is 0 Å². The minimum absolute atomic E-state index is 0.271. The second-order valence-corrected chi connectivity index (χ2v) is 4.22. The van der Waals surface area contributed by atoms with Crippen molar-refractivity contribution in [3.8, 4) is 17.6 Å². The van der Waals surface area contributed by atoms with Crippen LogP contribution in [0.15, 0.2) is 48.5 Å². The quantitative estimate of drug-likeness (QED) is 0.912. The van der Waals surface area contributed by atoms with Crippen LogP contribution in [0.4, 0.5) is 0 Å². The Kier molecular flexibility index (Phi) is 4.42. The Labute approximate surface area is 122 Å². The lowest BCUT2D eigenvalue weighted by atomic mass is 10.1. The average Bonchev–Trinajstić information content (AvgIpc) is 2.53. The second-order valence-electron chi connectivity index (χ2n) is 4.22.